The number of rotatable bonds is 5. The van der Waals surface area contributed by atoms with E-state index in [-0.39, 0.29) is 12.3 Å². The second kappa shape index (κ2) is 9.48. The van der Waals surface area contributed by atoms with Gasteiger partial charge in [-0.3, -0.25) is 9.69 Å². The van der Waals surface area contributed by atoms with Crippen molar-refractivity contribution in [1.82, 2.24) is 9.88 Å². The number of ether oxygens (including phenoxy) is 2. The molecule has 1 N–H and O–H groups in total. The van der Waals surface area contributed by atoms with Gasteiger partial charge in [0.2, 0.25) is 5.91 Å². The van der Waals surface area contributed by atoms with Crippen molar-refractivity contribution < 1.29 is 14.3 Å². The van der Waals surface area contributed by atoms with Crippen molar-refractivity contribution in [2.75, 3.05) is 25.1 Å². The van der Waals surface area contributed by atoms with Crippen LogP contribution >= 0.6 is 22.9 Å². The van der Waals surface area contributed by atoms with Crippen molar-refractivity contribution in [3.8, 4) is 11.5 Å². The summed E-state index contributed by atoms with van der Waals surface area (Å²) in [5.41, 5.74) is 3.18. The van der Waals surface area contributed by atoms with Gasteiger partial charge in [0.1, 0.15) is 0 Å². The van der Waals surface area contributed by atoms with Crippen molar-refractivity contribution in [2.24, 2.45) is 0 Å². The summed E-state index contributed by atoms with van der Waals surface area (Å²) in [5.74, 6) is 1.03. The zero-order chi connectivity index (χ0) is 21.9. The molecule has 2 aliphatic rings. The summed E-state index contributed by atoms with van der Waals surface area (Å²) in [6, 6.07) is 14.1. The summed E-state index contributed by atoms with van der Waals surface area (Å²) in [4.78, 5) is 21.0. The normalized spacial score (nSPS) is 15.7. The third-order valence-electron chi connectivity index (χ3n) is 5.53. The van der Waals surface area contributed by atoms with Gasteiger partial charge in [0, 0.05) is 37.4 Å². The van der Waals surface area contributed by atoms with Gasteiger partial charge in [-0.05, 0) is 23.3 Å². The first-order valence-corrected chi connectivity index (χ1v) is 12.0. The summed E-state index contributed by atoms with van der Waals surface area (Å²) in [6.07, 6.45) is 1.89. The van der Waals surface area contributed by atoms with Gasteiger partial charge in [-0.2, -0.15) is 0 Å². The average molecular weight is 470 g/mol. The van der Waals surface area contributed by atoms with Crippen molar-refractivity contribution in [3.05, 3.63) is 69.2 Å². The van der Waals surface area contributed by atoms with Crippen molar-refractivity contribution in [1.29, 1.82) is 0 Å². The highest BCUT2D eigenvalue weighted by molar-refractivity contribution is 7.15. The highest BCUT2D eigenvalue weighted by Crippen LogP contribution is 2.38. The Morgan fingerprint density at radius 3 is 2.88 bits per heavy atom. The van der Waals surface area contributed by atoms with Crippen LogP contribution in [0.5, 0.6) is 11.5 Å². The number of halogens is 1. The number of hydrogen-bond acceptors (Lipinski definition) is 6. The first-order chi connectivity index (χ1) is 15.6. The zero-order valence-corrected chi connectivity index (χ0v) is 19.2. The van der Waals surface area contributed by atoms with Crippen LogP contribution in [0.25, 0.3) is 0 Å². The Balaban J connectivity index is 1.22. The second-order valence-corrected chi connectivity index (χ2v) is 9.51. The van der Waals surface area contributed by atoms with Gasteiger partial charge in [0.05, 0.1) is 30.4 Å². The molecule has 1 aromatic heterocycles. The molecule has 6 nitrogen and oxygen atoms in total. The van der Waals surface area contributed by atoms with E-state index in [1.165, 1.54) is 10.4 Å². The molecule has 0 saturated carbocycles. The number of nitrogens with zero attached hydrogens (tertiary/aromatic N) is 2. The second-order valence-electron chi connectivity index (χ2n) is 8.02. The molecule has 5 rings (SSSR count). The Labute approximate surface area is 196 Å². The van der Waals surface area contributed by atoms with E-state index >= 15 is 0 Å². The van der Waals surface area contributed by atoms with Crippen LogP contribution in [-0.2, 0) is 30.7 Å². The molecule has 8 heteroatoms. The monoisotopic (exact) mass is 469 g/mol. The lowest BCUT2D eigenvalue weighted by Gasteiger charge is -2.25. The van der Waals surface area contributed by atoms with Crippen LogP contribution in [0.3, 0.4) is 0 Å². The average Bonchev–Trinajstić information content (AvgIpc) is 3.00. The van der Waals surface area contributed by atoms with Crippen LogP contribution in [0.1, 0.15) is 28.1 Å². The lowest BCUT2D eigenvalue weighted by atomic mass is 10.1. The lowest BCUT2D eigenvalue weighted by Crippen LogP contribution is -2.29. The van der Waals surface area contributed by atoms with E-state index in [9.17, 15) is 4.79 Å². The maximum Gasteiger partial charge on any atom is 0.230 e. The zero-order valence-electron chi connectivity index (χ0n) is 17.6. The Bertz CT molecular complexity index is 1120. The Hall–Kier alpha value is -2.61. The van der Waals surface area contributed by atoms with E-state index in [1.54, 1.807) is 17.4 Å². The number of thiazole rings is 1. The number of amides is 1. The van der Waals surface area contributed by atoms with Crippen LogP contribution in [0.15, 0.2) is 42.5 Å². The molecule has 2 aromatic carbocycles. The van der Waals surface area contributed by atoms with Gasteiger partial charge in [0.15, 0.2) is 16.6 Å². The van der Waals surface area contributed by atoms with Gasteiger partial charge < -0.3 is 14.8 Å². The van der Waals surface area contributed by atoms with Gasteiger partial charge in [-0.1, -0.05) is 41.9 Å². The maximum atomic E-state index is 12.7. The van der Waals surface area contributed by atoms with E-state index < -0.39 is 0 Å². The Morgan fingerprint density at radius 2 is 2.00 bits per heavy atom. The quantitative estimate of drug-likeness (QED) is 0.587. The molecule has 1 amide bonds. The van der Waals surface area contributed by atoms with E-state index in [1.807, 2.05) is 12.1 Å². The van der Waals surface area contributed by atoms with Crippen LogP contribution in [0, 0.1) is 0 Å². The molecule has 0 aliphatic carbocycles. The van der Waals surface area contributed by atoms with Crippen LogP contribution < -0.4 is 14.8 Å². The first-order valence-electron chi connectivity index (χ1n) is 10.8. The number of benzene rings is 2. The summed E-state index contributed by atoms with van der Waals surface area (Å²) in [7, 11) is 0. The summed E-state index contributed by atoms with van der Waals surface area (Å²) >= 11 is 7.91. The third kappa shape index (κ3) is 4.90. The molecule has 3 heterocycles. The molecule has 0 saturated heterocycles. The minimum absolute atomic E-state index is 0.122. The summed E-state index contributed by atoms with van der Waals surface area (Å²) in [5, 5.41) is 4.08. The predicted molar refractivity (Wildman–Crippen MR) is 126 cm³/mol. The summed E-state index contributed by atoms with van der Waals surface area (Å²) < 4.78 is 11.4. The highest BCUT2D eigenvalue weighted by Gasteiger charge is 2.22. The minimum atomic E-state index is -0.122. The van der Waals surface area contributed by atoms with Gasteiger partial charge in [-0.15, -0.1) is 11.3 Å². The maximum absolute atomic E-state index is 12.7. The van der Waals surface area contributed by atoms with Crippen LogP contribution in [0.2, 0.25) is 5.02 Å². The van der Waals surface area contributed by atoms with Gasteiger partial charge in [-0.25, -0.2) is 4.98 Å². The Morgan fingerprint density at radius 1 is 1.16 bits per heavy atom. The number of carbonyl (C=O) groups is 1. The fourth-order valence-corrected chi connectivity index (χ4v) is 5.37. The van der Waals surface area contributed by atoms with E-state index in [0.29, 0.717) is 34.9 Å². The fraction of sp³-hybridized carbons (Fsp3) is 0.333. The van der Waals surface area contributed by atoms with Gasteiger partial charge >= 0.3 is 0 Å². The third-order valence-corrected chi connectivity index (χ3v) is 6.81. The number of nitrogens with one attached hydrogen (secondary N) is 1. The molecular formula is C24H24ClN3O3S. The van der Waals surface area contributed by atoms with E-state index in [0.717, 1.165) is 43.7 Å². The van der Waals surface area contributed by atoms with Gasteiger partial charge in [0.25, 0.3) is 0 Å². The molecule has 0 bridgehead atoms. The number of hydrogen-bond donors (Lipinski definition) is 1. The van der Waals surface area contributed by atoms with E-state index in [4.69, 9.17) is 21.1 Å². The van der Waals surface area contributed by atoms with Crippen molar-refractivity contribution in [3.63, 3.8) is 0 Å². The number of carbonyl (C=O) groups excluding carboxylic acids is 1. The molecule has 0 spiro atoms. The molecule has 0 unspecified atom stereocenters. The smallest absolute Gasteiger partial charge is 0.230 e. The summed E-state index contributed by atoms with van der Waals surface area (Å²) in [6.45, 7) is 3.89. The van der Waals surface area contributed by atoms with Crippen molar-refractivity contribution >= 4 is 34.0 Å². The number of anilines is 1. The lowest BCUT2D eigenvalue weighted by molar-refractivity contribution is -0.115. The highest BCUT2D eigenvalue weighted by atomic mass is 35.5. The molecule has 0 fully saturated rings. The largest absolute Gasteiger partial charge is 0.489 e. The SMILES string of the molecule is O=C(Cc1cc(Cl)c2c(c1)OCCCO2)Nc1nc2c(s1)CN(Cc1ccccc1)CC2. The molecule has 32 heavy (non-hydrogen) atoms. The number of aromatic nitrogens is 1. The van der Waals surface area contributed by atoms with E-state index in [2.05, 4.69) is 39.5 Å². The van der Waals surface area contributed by atoms with Crippen LogP contribution in [0.4, 0.5) is 5.13 Å². The first kappa shape index (κ1) is 21.2. The molecular weight excluding hydrogens is 446 g/mol. The van der Waals surface area contributed by atoms with Crippen molar-refractivity contribution in [2.45, 2.75) is 32.4 Å². The standard InChI is InChI=1S/C24H24ClN3O3S/c25-18-11-17(12-20-23(18)31-10-4-9-30-20)13-22(29)27-24-26-19-7-8-28(15-21(19)32-24)14-16-5-2-1-3-6-16/h1-3,5-6,11-12H,4,7-10,13-15H2,(H,26,27,29). The molecule has 0 radical (unpaired) electrons. The minimum Gasteiger partial charge on any atom is -0.489 e. The topological polar surface area (TPSA) is 63.7 Å². The van der Waals surface area contributed by atoms with Crippen LogP contribution in [-0.4, -0.2) is 35.5 Å². The Kier molecular flexibility index (Phi) is 6.30. The molecule has 3 aromatic rings. The molecule has 166 valence electrons. The molecule has 0 atom stereocenters. The fourth-order valence-electron chi connectivity index (χ4n) is 4.01. The number of fused-ring (bicyclic) bond motifs is 2. The molecule has 2 aliphatic heterocycles. The predicted octanol–water partition coefficient (Wildman–Crippen LogP) is 4.70.